The lowest BCUT2D eigenvalue weighted by Gasteiger charge is -2.28. The van der Waals surface area contributed by atoms with Gasteiger partial charge in [-0.15, -0.1) is 0 Å². The zero-order valence-corrected chi connectivity index (χ0v) is 11.3. The van der Waals surface area contributed by atoms with E-state index in [4.69, 9.17) is 0 Å². The average molecular weight is 302 g/mol. The summed E-state index contributed by atoms with van der Waals surface area (Å²) < 4.78 is 13.8. The van der Waals surface area contributed by atoms with Gasteiger partial charge in [0.15, 0.2) is 0 Å². The van der Waals surface area contributed by atoms with Crippen molar-refractivity contribution in [2.24, 2.45) is 0 Å². The van der Waals surface area contributed by atoms with Crippen molar-refractivity contribution >= 4 is 15.9 Å². The molecule has 0 atom stereocenters. The average Bonchev–Trinajstić information content (AvgIpc) is 2.81. The van der Waals surface area contributed by atoms with Crippen molar-refractivity contribution < 1.29 is 9.50 Å². The fourth-order valence-electron chi connectivity index (χ4n) is 2.41. The van der Waals surface area contributed by atoms with Crippen LogP contribution in [-0.4, -0.2) is 17.3 Å². The van der Waals surface area contributed by atoms with E-state index in [9.17, 15) is 9.50 Å². The molecule has 1 aliphatic rings. The first-order valence-electron chi connectivity index (χ1n) is 5.96. The van der Waals surface area contributed by atoms with E-state index in [-0.39, 0.29) is 18.0 Å². The summed E-state index contributed by atoms with van der Waals surface area (Å²) in [5.74, 6) is -0.242. The summed E-state index contributed by atoms with van der Waals surface area (Å²) in [5.41, 5.74) is 0.732. The molecule has 1 saturated carbocycles. The van der Waals surface area contributed by atoms with Crippen LogP contribution in [0.5, 0.6) is 0 Å². The van der Waals surface area contributed by atoms with Crippen LogP contribution in [0.3, 0.4) is 0 Å². The Hall–Kier alpha value is -0.450. The van der Waals surface area contributed by atoms with E-state index in [2.05, 4.69) is 21.2 Å². The highest BCUT2D eigenvalue weighted by atomic mass is 79.9. The van der Waals surface area contributed by atoms with Gasteiger partial charge in [-0.25, -0.2) is 4.39 Å². The molecule has 4 heteroatoms. The molecule has 0 amide bonds. The third-order valence-corrected chi connectivity index (χ3v) is 4.44. The number of nitrogens with one attached hydrogen (secondary N) is 1. The summed E-state index contributed by atoms with van der Waals surface area (Å²) in [6.07, 6.45) is 4.29. The largest absolute Gasteiger partial charge is 0.394 e. The summed E-state index contributed by atoms with van der Waals surface area (Å²) in [6.45, 7) is 0.735. The smallest absolute Gasteiger partial charge is 0.137 e. The number of aliphatic hydroxyl groups excluding tert-OH is 1. The van der Waals surface area contributed by atoms with Crippen LogP contribution in [0.1, 0.15) is 31.2 Å². The van der Waals surface area contributed by atoms with Crippen LogP contribution in [0.25, 0.3) is 0 Å². The van der Waals surface area contributed by atoms with E-state index in [1.165, 1.54) is 6.07 Å². The lowest BCUT2D eigenvalue weighted by molar-refractivity contribution is 0.163. The Bertz CT molecular complexity index is 391. The van der Waals surface area contributed by atoms with Gasteiger partial charge >= 0.3 is 0 Å². The van der Waals surface area contributed by atoms with Gasteiger partial charge < -0.3 is 10.4 Å². The summed E-state index contributed by atoms with van der Waals surface area (Å²) in [7, 11) is 0. The Morgan fingerprint density at radius 3 is 2.71 bits per heavy atom. The lowest BCUT2D eigenvalue weighted by Crippen LogP contribution is -2.45. The summed E-state index contributed by atoms with van der Waals surface area (Å²) in [4.78, 5) is 0. The molecule has 0 aromatic heterocycles. The molecule has 1 aliphatic carbocycles. The monoisotopic (exact) mass is 301 g/mol. The Morgan fingerprint density at radius 2 is 2.06 bits per heavy atom. The van der Waals surface area contributed by atoms with E-state index >= 15 is 0 Å². The van der Waals surface area contributed by atoms with Gasteiger partial charge in [0.1, 0.15) is 5.82 Å². The lowest BCUT2D eigenvalue weighted by atomic mass is 9.98. The van der Waals surface area contributed by atoms with Crippen LogP contribution in [0.4, 0.5) is 4.39 Å². The molecule has 1 aromatic rings. The van der Waals surface area contributed by atoms with Gasteiger partial charge in [0.05, 0.1) is 11.1 Å². The molecule has 2 N–H and O–H groups in total. The predicted molar refractivity (Wildman–Crippen MR) is 69.2 cm³/mol. The van der Waals surface area contributed by atoms with Crippen LogP contribution in [0.2, 0.25) is 0 Å². The molecular formula is C13H17BrFNO. The van der Waals surface area contributed by atoms with E-state index < -0.39 is 0 Å². The van der Waals surface area contributed by atoms with Crippen molar-refractivity contribution in [2.75, 3.05) is 6.61 Å². The number of benzene rings is 1. The summed E-state index contributed by atoms with van der Waals surface area (Å²) in [5, 5.41) is 12.9. The predicted octanol–water partition coefficient (Wildman–Crippen LogP) is 2.98. The van der Waals surface area contributed by atoms with Gasteiger partial charge in [-0.1, -0.05) is 25.0 Å². The molecule has 1 aromatic carbocycles. The van der Waals surface area contributed by atoms with Crippen LogP contribution in [0, 0.1) is 5.82 Å². The normalized spacial score (nSPS) is 18.5. The Kier molecular flexibility index (Phi) is 4.17. The van der Waals surface area contributed by atoms with Gasteiger partial charge in [0.25, 0.3) is 0 Å². The zero-order chi connectivity index (χ0) is 12.3. The van der Waals surface area contributed by atoms with E-state index in [1.807, 2.05) is 6.07 Å². The number of hydrogen-bond donors (Lipinski definition) is 2. The number of hydrogen-bond acceptors (Lipinski definition) is 2. The molecular weight excluding hydrogens is 285 g/mol. The van der Waals surface area contributed by atoms with Gasteiger partial charge in [0.2, 0.25) is 0 Å². The highest BCUT2D eigenvalue weighted by Gasteiger charge is 2.32. The summed E-state index contributed by atoms with van der Waals surface area (Å²) in [6, 6.07) is 5.03. The van der Waals surface area contributed by atoms with E-state index in [0.29, 0.717) is 11.0 Å². The van der Waals surface area contributed by atoms with Crippen molar-refractivity contribution in [3.63, 3.8) is 0 Å². The quantitative estimate of drug-likeness (QED) is 0.896. The second kappa shape index (κ2) is 5.46. The number of halogens is 2. The second-order valence-electron chi connectivity index (χ2n) is 4.71. The van der Waals surface area contributed by atoms with E-state index in [1.54, 1.807) is 6.07 Å². The van der Waals surface area contributed by atoms with Crippen molar-refractivity contribution in [3.8, 4) is 0 Å². The van der Waals surface area contributed by atoms with Gasteiger partial charge in [-0.05, 0) is 40.4 Å². The van der Waals surface area contributed by atoms with Crippen molar-refractivity contribution in [2.45, 2.75) is 37.8 Å². The molecule has 0 bridgehead atoms. The molecule has 0 spiro atoms. The topological polar surface area (TPSA) is 32.3 Å². The molecule has 1 fully saturated rings. The SMILES string of the molecule is OCC1(NCc2cccc(F)c2Br)CCCC1. The molecule has 17 heavy (non-hydrogen) atoms. The Labute approximate surface area is 109 Å². The van der Waals surface area contributed by atoms with Crippen molar-refractivity contribution in [1.82, 2.24) is 5.32 Å². The first-order chi connectivity index (χ1) is 8.17. The number of rotatable bonds is 4. The zero-order valence-electron chi connectivity index (χ0n) is 9.68. The third-order valence-electron chi connectivity index (χ3n) is 3.55. The number of aliphatic hydroxyl groups is 1. The Morgan fingerprint density at radius 1 is 1.35 bits per heavy atom. The Balaban J connectivity index is 2.04. The van der Waals surface area contributed by atoms with E-state index in [0.717, 1.165) is 31.2 Å². The maximum Gasteiger partial charge on any atom is 0.137 e. The maximum absolute atomic E-state index is 13.3. The molecule has 0 heterocycles. The second-order valence-corrected chi connectivity index (χ2v) is 5.51. The highest BCUT2D eigenvalue weighted by molar-refractivity contribution is 9.10. The van der Waals surface area contributed by atoms with Crippen molar-refractivity contribution in [3.05, 3.63) is 34.1 Å². The first-order valence-corrected chi connectivity index (χ1v) is 6.75. The summed E-state index contributed by atoms with van der Waals surface area (Å²) >= 11 is 3.25. The molecule has 0 aliphatic heterocycles. The molecule has 2 nitrogen and oxygen atoms in total. The minimum absolute atomic E-state index is 0.153. The minimum Gasteiger partial charge on any atom is -0.394 e. The molecule has 94 valence electrons. The maximum atomic E-state index is 13.3. The molecule has 0 unspecified atom stereocenters. The van der Waals surface area contributed by atoms with Gasteiger partial charge in [-0.3, -0.25) is 0 Å². The standard InChI is InChI=1S/C13H17BrFNO/c14-12-10(4-3-5-11(12)15)8-16-13(9-17)6-1-2-7-13/h3-5,16-17H,1-2,6-9H2. The molecule has 0 saturated heterocycles. The van der Waals surface area contributed by atoms with Crippen molar-refractivity contribution in [1.29, 1.82) is 0 Å². The fourth-order valence-corrected chi connectivity index (χ4v) is 2.81. The third kappa shape index (κ3) is 2.87. The highest BCUT2D eigenvalue weighted by Crippen LogP contribution is 2.30. The first kappa shape index (κ1) is 13.0. The van der Waals surface area contributed by atoms with Gasteiger partial charge in [0, 0.05) is 12.1 Å². The van der Waals surface area contributed by atoms with Gasteiger partial charge in [-0.2, -0.15) is 0 Å². The fraction of sp³-hybridized carbons (Fsp3) is 0.538. The minimum atomic E-state index is -0.242. The molecule has 0 radical (unpaired) electrons. The van der Waals surface area contributed by atoms with Crippen LogP contribution in [0.15, 0.2) is 22.7 Å². The van der Waals surface area contributed by atoms with Crippen LogP contribution < -0.4 is 5.32 Å². The molecule has 2 rings (SSSR count). The van der Waals surface area contributed by atoms with Crippen LogP contribution in [-0.2, 0) is 6.54 Å². The van der Waals surface area contributed by atoms with Crippen LogP contribution >= 0.6 is 15.9 Å².